The molecule has 1 N–H and O–H groups in total. The standard InChI is InChI=1S/C12H9FN2/c1-8-7-15-12(11(8)6-14)9-2-4-10(13)5-3-9/h2-5,7,15H,1H3. The zero-order valence-electron chi connectivity index (χ0n) is 8.21. The predicted molar refractivity (Wildman–Crippen MR) is 55.6 cm³/mol. The van der Waals surface area contributed by atoms with Gasteiger partial charge in [-0.15, -0.1) is 0 Å². The van der Waals surface area contributed by atoms with E-state index in [-0.39, 0.29) is 5.82 Å². The Morgan fingerprint density at radius 2 is 1.93 bits per heavy atom. The summed E-state index contributed by atoms with van der Waals surface area (Å²) in [5, 5.41) is 8.96. The first kappa shape index (κ1) is 9.47. The van der Waals surface area contributed by atoms with Gasteiger partial charge in [-0.3, -0.25) is 0 Å². The van der Waals surface area contributed by atoms with E-state index >= 15 is 0 Å². The average molecular weight is 200 g/mol. The van der Waals surface area contributed by atoms with Crippen molar-refractivity contribution in [1.29, 1.82) is 5.26 Å². The van der Waals surface area contributed by atoms with Crippen LogP contribution in [0.5, 0.6) is 0 Å². The van der Waals surface area contributed by atoms with Gasteiger partial charge in [-0.25, -0.2) is 4.39 Å². The van der Waals surface area contributed by atoms with Crippen LogP contribution >= 0.6 is 0 Å². The van der Waals surface area contributed by atoms with E-state index < -0.39 is 0 Å². The quantitative estimate of drug-likeness (QED) is 0.755. The van der Waals surface area contributed by atoms with E-state index in [1.165, 1.54) is 12.1 Å². The van der Waals surface area contributed by atoms with Gasteiger partial charge in [-0.1, -0.05) is 0 Å². The Morgan fingerprint density at radius 3 is 2.53 bits per heavy atom. The molecule has 74 valence electrons. The van der Waals surface area contributed by atoms with Crippen LogP contribution < -0.4 is 0 Å². The van der Waals surface area contributed by atoms with E-state index in [0.717, 1.165) is 16.8 Å². The molecule has 1 aromatic carbocycles. The molecule has 0 unspecified atom stereocenters. The maximum Gasteiger partial charge on any atom is 0.123 e. The summed E-state index contributed by atoms with van der Waals surface area (Å²) >= 11 is 0. The highest BCUT2D eigenvalue weighted by atomic mass is 19.1. The normalized spacial score (nSPS) is 9.93. The number of halogens is 1. The van der Waals surface area contributed by atoms with Gasteiger partial charge in [0.25, 0.3) is 0 Å². The zero-order chi connectivity index (χ0) is 10.8. The number of hydrogen-bond donors (Lipinski definition) is 1. The highest BCUT2D eigenvalue weighted by molar-refractivity contribution is 5.68. The minimum Gasteiger partial charge on any atom is -0.360 e. The molecule has 3 heteroatoms. The fourth-order valence-electron chi connectivity index (χ4n) is 1.51. The van der Waals surface area contributed by atoms with Gasteiger partial charge in [-0.05, 0) is 42.3 Å². The maximum atomic E-state index is 12.7. The second-order valence-corrected chi connectivity index (χ2v) is 3.34. The van der Waals surface area contributed by atoms with Crippen molar-refractivity contribution in [2.75, 3.05) is 0 Å². The SMILES string of the molecule is Cc1c[nH]c(-c2ccc(F)cc2)c1C#N. The number of benzene rings is 1. The number of rotatable bonds is 1. The van der Waals surface area contributed by atoms with Crippen molar-refractivity contribution < 1.29 is 4.39 Å². The van der Waals surface area contributed by atoms with Crippen LogP contribution in [0.2, 0.25) is 0 Å². The van der Waals surface area contributed by atoms with E-state index in [4.69, 9.17) is 5.26 Å². The predicted octanol–water partition coefficient (Wildman–Crippen LogP) is 3.00. The van der Waals surface area contributed by atoms with Gasteiger partial charge in [0.15, 0.2) is 0 Å². The van der Waals surface area contributed by atoms with Crippen molar-refractivity contribution >= 4 is 0 Å². The summed E-state index contributed by atoms with van der Waals surface area (Å²) in [5.74, 6) is -0.277. The van der Waals surface area contributed by atoms with Crippen LogP contribution in [0.3, 0.4) is 0 Å². The molecule has 0 saturated carbocycles. The number of H-pyrrole nitrogens is 1. The highest BCUT2D eigenvalue weighted by Gasteiger charge is 2.09. The number of aryl methyl sites for hydroxylation is 1. The molecule has 0 fully saturated rings. The third-order valence-corrected chi connectivity index (χ3v) is 2.32. The smallest absolute Gasteiger partial charge is 0.123 e. The van der Waals surface area contributed by atoms with Crippen molar-refractivity contribution in [2.45, 2.75) is 6.92 Å². The van der Waals surface area contributed by atoms with Crippen molar-refractivity contribution in [1.82, 2.24) is 4.98 Å². The Morgan fingerprint density at radius 1 is 1.27 bits per heavy atom. The monoisotopic (exact) mass is 200 g/mol. The first-order valence-electron chi connectivity index (χ1n) is 4.56. The van der Waals surface area contributed by atoms with Gasteiger partial charge < -0.3 is 4.98 Å². The van der Waals surface area contributed by atoms with E-state index in [1.807, 2.05) is 6.92 Å². The van der Waals surface area contributed by atoms with Crippen molar-refractivity contribution in [3.63, 3.8) is 0 Å². The minimum absolute atomic E-state index is 0.277. The van der Waals surface area contributed by atoms with Crippen molar-refractivity contribution in [3.8, 4) is 17.3 Å². The molecular formula is C12H9FN2. The third kappa shape index (κ3) is 1.62. The molecule has 0 radical (unpaired) electrons. The molecule has 1 aromatic heterocycles. The number of nitrogens with zero attached hydrogens (tertiary/aromatic N) is 1. The van der Waals surface area contributed by atoms with Crippen LogP contribution in [0.15, 0.2) is 30.5 Å². The Labute approximate surface area is 87.0 Å². The number of hydrogen-bond acceptors (Lipinski definition) is 1. The number of nitrogens with one attached hydrogen (secondary N) is 1. The molecule has 2 rings (SSSR count). The highest BCUT2D eigenvalue weighted by Crippen LogP contribution is 2.24. The van der Waals surface area contributed by atoms with Crippen molar-refractivity contribution in [2.24, 2.45) is 0 Å². The molecule has 2 aromatic rings. The molecule has 0 atom stereocenters. The first-order chi connectivity index (χ1) is 7.22. The molecule has 0 aliphatic carbocycles. The average Bonchev–Trinajstić information content (AvgIpc) is 2.61. The van der Waals surface area contributed by atoms with Gasteiger partial charge >= 0.3 is 0 Å². The summed E-state index contributed by atoms with van der Waals surface area (Å²) in [6, 6.07) is 8.20. The molecular weight excluding hydrogens is 191 g/mol. The van der Waals surface area contributed by atoms with Crippen LogP contribution in [-0.2, 0) is 0 Å². The lowest BCUT2D eigenvalue weighted by Crippen LogP contribution is -1.83. The Kier molecular flexibility index (Phi) is 2.26. The molecule has 0 saturated heterocycles. The van der Waals surface area contributed by atoms with Crippen LogP contribution in [0.25, 0.3) is 11.3 Å². The summed E-state index contributed by atoms with van der Waals surface area (Å²) in [7, 11) is 0. The second kappa shape index (κ2) is 3.58. The van der Waals surface area contributed by atoms with Gasteiger partial charge in [-0.2, -0.15) is 5.26 Å². The van der Waals surface area contributed by atoms with Crippen LogP contribution in [0.1, 0.15) is 11.1 Å². The molecule has 2 nitrogen and oxygen atoms in total. The van der Waals surface area contributed by atoms with Gasteiger partial charge in [0.2, 0.25) is 0 Å². The van der Waals surface area contributed by atoms with Gasteiger partial charge in [0.05, 0.1) is 11.3 Å². The summed E-state index contributed by atoms with van der Waals surface area (Å²) < 4.78 is 12.7. The summed E-state index contributed by atoms with van der Waals surface area (Å²) in [5.41, 5.74) is 3.08. The first-order valence-corrected chi connectivity index (χ1v) is 4.56. The van der Waals surface area contributed by atoms with Crippen LogP contribution in [-0.4, -0.2) is 4.98 Å². The second-order valence-electron chi connectivity index (χ2n) is 3.34. The fourth-order valence-corrected chi connectivity index (χ4v) is 1.51. The topological polar surface area (TPSA) is 39.6 Å². The van der Waals surface area contributed by atoms with Crippen LogP contribution in [0, 0.1) is 24.1 Å². The molecule has 15 heavy (non-hydrogen) atoms. The van der Waals surface area contributed by atoms with Crippen LogP contribution in [0.4, 0.5) is 4.39 Å². The lowest BCUT2D eigenvalue weighted by molar-refractivity contribution is 0.628. The van der Waals surface area contributed by atoms with Gasteiger partial charge in [0, 0.05) is 6.20 Å². The zero-order valence-corrected chi connectivity index (χ0v) is 8.21. The number of aromatic nitrogens is 1. The minimum atomic E-state index is -0.277. The molecule has 0 aliphatic rings. The lowest BCUT2D eigenvalue weighted by atomic mass is 10.1. The third-order valence-electron chi connectivity index (χ3n) is 2.32. The van der Waals surface area contributed by atoms with E-state index in [1.54, 1.807) is 18.3 Å². The van der Waals surface area contributed by atoms with E-state index in [9.17, 15) is 4.39 Å². The summed E-state index contributed by atoms with van der Waals surface area (Å²) in [6.07, 6.45) is 1.78. The Balaban J connectivity index is 2.55. The maximum absolute atomic E-state index is 12.7. The Bertz CT molecular complexity index is 518. The summed E-state index contributed by atoms with van der Waals surface area (Å²) in [6.45, 7) is 1.86. The van der Waals surface area contributed by atoms with Crippen molar-refractivity contribution in [3.05, 3.63) is 47.4 Å². The van der Waals surface area contributed by atoms with E-state index in [2.05, 4.69) is 11.1 Å². The largest absolute Gasteiger partial charge is 0.360 e. The number of aromatic amines is 1. The lowest BCUT2D eigenvalue weighted by Gasteiger charge is -1.98. The molecule has 0 aliphatic heterocycles. The Hall–Kier alpha value is -2.08. The van der Waals surface area contributed by atoms with E-state index in [0.29, 0.717) is 5.56 Å². The number of nitriles is 1. The molecule has 0 bridgehead atoms. The summed E-state index contributed by atoms with van der Waals surface area (Å²) in [4.78, 5) is 3.02. The molecule has 0 spiro atoms. The molecule has 0 amide bonds. The molecule has 1 heterocycles. The van der Waals surface area contributed by atoms with Gasteiger partial charge in [0.1, 0.15) is 11.9 Å². The fraction of sp³-hybridized carbons (Fsp3) is 0.0833.